The summed E-state index contributed by atoms with van der Waals surface area (Å²) in [5.74, 6) is 0.350. The molecule has 0 aromatic heterocycles. The van der Waals surface area contributed by atoms with Gasteiger partial charge in [0.05, 0.1) is 17.5 Å². The van der Waals surface area contributed by atoms with Crippen LogP contribution in [0.15, 0.2) is 29.3 Å². The molecule has 28 heavy (non-hydrogen) atoms. The van der Waals surface area contributed by atoms with Crippen molar-refractivity contribution in [3.8, 4) is 0 Å². The Hall–Kier alpha value is -1.54. The van der Waals surface area contributed by atoms with Crippen LogP contribution in [0.25, 0.3) is 0 Å². The van der Waals surface area contributed by atoms with Gasteiger partial charge in [0, 0.05) is 36.1 Å². The highest BCUT2D eigenvalue weighted by molar-refractivity contribution is 8.16. The van der Waals surface area contributed by atoms with Gasteiger partial charge in [-0.15, -0.1) is 0 Å². The van der Waals surface area contributed by atoms with Crippen molar-refractivity contribution in [3.05, 3.63) is 24.3 Å². The van der Waals surface area contributed by atoms with Crippen LogP contribution >= 0.6 is 11.8 Å². The maximum absolute atomic E-state index is 12.3. The van der Waals surface area contributed by atoms with Crippen molar-refractivity contribution in [1.82, 2.24) is 0 Å². The zero-order valence-corrected chi connectivity index (χ0v) is 18.6. The zero-order valence-electron chi connectivity index (χ0n) is 17.0. The average molecular weight is 424 g/mol. The Morgan fingerprint density at radius 1 is 1.21 bits per heavy atom. The third kappa shape index (κ3) is 4.54. The van der Waals surface area contributed by atoms with Gasteiger partial charge in [0.2, 0.25) is 5.91 Å². The monoisotopic (exact) mass is 423 g/mol. The summed E-state index contributed by atoms with van der Waals surface area (Å²) < 4.78 is 24.3. The molecule has 0 aliphatic carbocycles. The van der Waals surface area contributed by atoms with E-state index < -0.39 is 9.84 Å². The fraction of sp³-hybridized carbons (Fsp3) is 0.600. The van der Waals surface area contributed by atoms with E-state index >= 15 is 0 Å². The predicted octanol–water partition coefficient (Wildman–Crippen LogP) is 3.18. The van der Waals surface area contributed by atoms with Crippen molar-refractivity contribution in [2.45, 2.75) is 45.4 Å². The van der Waals surface area contributed by atoms with E-state index in [1.54, 1.807) is 0 Å². The molecule has 1 aromatic rings. The second-order valence-electron chi connectivity index (χ2n) is 7.75. The summed E-state index contributed by atoms with van der Waals surface area (Å²) >= 11 is 1.43. The number of benzene rings is 1. The van der Waals surface area contributed by atoms with Gasteiger partial charge in [-0.3, -0.25) is 4.79 Å². The SMILES string of the molecule is CCN(CC)c1ccc(N2C(=NC(=O)CC(C)C)S[C@H]3CS(=O)(=O)C[C@@H]32)cc1. The van der Waals surface area contributed by atoms with Crippen LogP contribution in [-0.4, -0.2) is 55.4 Å². The number of sulfone groups is 1. The number of carbonyl (C=O) groups is 1. The Balaban J connectivity index is 1.92. The average Bonchev–Trinajstić information content (AvgIpc) is 3.06. The molecule has 0 unspecified atom stereocenters. The summed E-state index contributed by atoms with van der Waals surface area (Å²) in [7, 11) is -3.06. The third-order valence-electron chi connectivity index (χ3n) is 5.13. The van der Waals surface area contributed by atoms with Gasteiger partial charge in [0.25, 0.3) is 0 Å². The number of thioether (sulfide) groups is 1. The minimum absolute atomic E-state index is 0.0712. The Kier molecular flexibility index (Phi) is 6.39. The van der Waals surface area contributed by atoms with Crippen LogP contribution in [0.2, 0.25) is 0 Å². The van der Waals surface area contributed by atoms with Crippen molar-refractivity contribution in [2.75, 3.05) is 34.4 Å². The van der Waals surface area contributed by atoms with Crippen molar-refractivity contribution in [3.63, 3.8) is 0 Å². The molecule has 8 heteroatoms. The van der Waals surface area contributed by atoms with Gasteiger partial charge < -0.3 is 9.80 Å². The summed E-state index contributed by atoms with van der Waals surface area (Å²) in [4.78, 5) is 20.9. The molecule has 2 atom stereocenters. The van der Waals surface area contributed by atoms with E-state index in [1.807, 2.05) is 30.9 Å². The number of rotatable bonds is 6. The number of amidine groups is 1. The van der Waals surface area contributed by atoms with E-state index in [4.69, 9.17) is 0 Å². The van der Waals surface area contributed by atoms with Crippen molar-refractivity contribution in [2.24, 2.45) is 10.9 Å². The van der Waals surface area contributed by atoms with Gasteiger partial charge in [0.15, 0.2) is 15.0 Å². The lowest BCUT2D eigenvalue weighted by Crippen LogP contribution is -2.37. The Morgan fingerprint density at radius 3 is 2.43 bits per heavy atom. The molecule has 0 radical (unpaired) electrons. The Labute approximate surface area is 172 Å². The summed E-state index contributed by atoms with van der Waals surface area (Å²) in [5.41, 5.74) is 2.02. The highest BCUT2D eigenvalue weighted by atomic mass is 32.2. The maximum atomic E-state index is 12.3. The van der Waals surface area contributed by atoms with Crippen molar-refractivity contribution in [1.29, 1.82) is 0 Å². The first-order valence-electron chi connectivity index (χ1n) is 9.87. The molecule has 1 amide bonds. The first kappa shape index (κ1) is 21.2. The molecule has 6 nitrogen and oxygen atoms in total. The zero-order chi connectivity index (χ0) is 20.5. The molecule has 154 valence electrons. The lowest BCUT2D eigenvalue weighted by molar-refractivity contribution is -0.118. The molecule has 2 aliphatic rings. The maximum Gasteiger partial charge on any atom is 0.248 e. The second kappa shape index (κ2) is 8.45. The van der Waals surface area contributed by atoms with Crippen LogP contribution in [0.5, 0.6) is 0 Å². The number of nitrogens with zero attached hydrogens (tertiary/aromatic N) is 3. The molecule has 3 rings (SSSR count). The van der Waals surface area contributed by atoms with E-state index in [9.17, 15) is 13.2 Å². The van der Waals surface area contributed by atoms with Gasteiger partial charge in [-0.2, -0.15) is 4.99 Å². The first-order chi connectivity index (χ1) is 13.2. The molecule has 2 saturated heterocycles. The number of amides is 1. The van der Waals surface area contributed by atoms with Crippen LogP contribution in [0.3, 0.4) is 0 Å². The third-order valence-corrected chi connectivity index (χ3v) is 8.34. The molecule has 0 spiro atoms. The van der Waals surface area contributed by atoms with Gasteiger partial charge in [0.1, 0.15) is 0 Å². The molecule has 2 fully saturated rings. The molecular formula is C20H29N3O3S2. The number of hydrogen-bond acceptors (Lipinski definition) is 5. The summed E-state index contributed by atoms with van der Waals surface area (Å²) in [6.45, 7) is 10.1. The number of carbonyl (C=O) groups excluding carboxylic acids is 1. The summed E-state index contributed by atoms with van der Waals surface area (Å²) in [6, 6.07) is 7.95. The molecular weight excluding hydrogens is 394 g/mol. The van der Waals surface area contributed by atoms with Gasteiger partial charge >= 0.3 is 0 Å². The topological polar surface area (TPSA) is 70.0 Å². The molecule has 0 N–H and O–H groups in total. The fourth-order valence-electron chi connectivity index (χ4n) is 3.78. The van der Waals surface area contributed by atoms with Crippen LogP contribution in [-0.2, 0) is 14.6 Å². The largest absolute Gasteiger partial charge is 0.372 e. The quantitative estimate of drug-likeness (QED) is 0.700. The summed E-state index contributed by atoms with van der Waals surface area (Å²) in [6.07, 6.45) is 0.395. The van der Waals surface area contributed by atoms with Crippen LogP contribution < -0.4 is 9.80 Å². The minimum Gasteiger partial charge on any atom is -0.372 e. The van der Waals surface area contributed by atoms with E-state index in [0.717, 1.165) is 24.5 Å². The van der Waals surface area contributed by atoms with Gasteiger partial charge in [-0.1, -0.05) is 25.6 Å². The Bertz CT molecular complexity index is 846. The summed E-state index contributed by atoms with van der Waals surface area (Å²) in [5, 5.41) is 0.559. The van der Waals surface area contributed by atoms with Crippen LogP contribution in [0.1, 0.15) is 34.1 Å². The van der Waals surface area contributed by atoms with Crippen LogP contribution in [0.4, 0.5) is 11.4 Å². The number of anilines is 2. The van der Waals surface area contributed by atoms with Gasteiger partial charge in [-0.25, -0.2) is 8.42 Å². The van der Waals surface area contributed by atoms with E-state index in [-0.39, 0.29) is 34.6 Å². The fourth-order valence-corrected chi connectivity index (χ4v) is 7.71. The first-order valence-corrected chi connectivity index (χ1v) is 12.6. The number of hydrogen-bond donors (Lipinski definition) is 0. The van der Waals surface area contributed by atoms with Crippen LogP contribution in [0, 0.1) is 5.92 Å². The molecule has 0 bridgehead atoms. The normalized spacial score (nSPS) is 24.8. The molecule has 1 aromatic carbocycles. The van der Waals surface area contributed by atoms with Crippen molar-refractivity contribution < 1.29 is 13.2 Å². The molecule has 0 saturated carbocycles. The van der Waals surface area contributed by atoms with E-state index in [0.29, 0.717) is 11.6 Å². The Morgan fingerprint density at radius 2 is 1.86 bits per heavy atom. The highest BCUT2D eigenvalue weighted by Gasteiger charge is 2.49. The van der Waals surface area contributed by atoms with Crippen molar-refractivity contribution >= 4 is 44.0 Å². The van der Waals surface area contributed by atoms with Gasteiger partial charge in [-0.05, 0) is 44.0 Å². The molecule has 2 heterocycles. The highest BCUT2D eigenvalue weighted by Crippen LogP contribution is 2.41. The minimum atomic E-state index is -3.06. The second-order valence-corrected chi connectivity index (χ2v) is 11.1. The number of aliphatic imine (C=N–C) groups is 1. The van der Waals surface area contributed by atoms with E-state index in [2.05, 4.69) is 35.9 Å². The standard InChI is InChI=1S/C20H29N3O3S2/c1-5-22(6-2)15-7-9-16(10-8-15)23-17-12-28(25,26)13-18(17)27-20(23)21-19(24)11-14(3)4/h7-10,14,17-18H,5-6,11-13H2,1-4H3/t17-,18-/m0/s1. The number of fused-ring (bicyclic) bond motifs is 1. The lowest BCUT2D eigenvalue weighted by Gasteiger charge is -2.26. The lowest BCUT2D eigenvalue weighted by atomic mass is 10.1. The smallest absolute Gasteiger partial charge is 0.248 e. The molecule has 2 aliphatic heterocycles. The van der Waals surface area contributed by atoms with E-state index in [1.165, 1.54) is 11.8 Å². The predicted molar refractivity (Wildman–Crippen MR) is 118 cm³/mol.